The minimum atomic E-state index is -0.257. The fourth-order valence-electron chi connectivity index (χ4n) is 3.93. The Balaban J connectivity index is 1.60. The van der Waals surface area contributed by atoms with Gasteiger partial charge >= 0.3 is 5.69 Å². The first-order valence-corrected chi connectivity index (χ1v) is 9.49. The summed E-state index contributed by atoms with van der Waals surface area (Å²) in [6.07, 6.45) is 7.72. The zero-order chi connectivity index (χ0) is 18.8. The van der Waals surface area contributed by atoms with Crippen LogP contribution in [-0.4, -0.2) is 26.1 Å². The quantitative estimate of drug-likeness (QED) is 0.750. The number of furan rings is 1. The van der Waals surface area contributed by atoms with Crippen molar-refractivity contribution in [3.8, 4) is 0 Å². The van der Waals surface area contributed by atoms with Crippen LogP contribution in [0.15, 0.2) is 45.9 Å². The summed E-state index contributed by atoms with van der Waals surface area (Å²) in [5.41, 5.74) is 0.950. The highest BCUT2D eigenvalue weighted by Crippen LogP contribution is 2.23. The Morgan fingerprint density at radius 3 is 2.89 bits per heavy atom. The van der Waals surface area contributed by atoms with Gasteiger partial charge in [0.2, 0.25) is 5.91 Å². The Labute approximate surface area is 157 Å². The van der Waals surface area contributed by atoms with Gasteiger partial charge in [0, 0.05) is 12.2 Å². The average Bonchev–Trinajstić information content (AvgIpc) is 3.27. The fourth-order valence-corrected chi connectivity index (χ4v) is 3.93. The molecule has 1 aliphatic rings. The van der Waals surface area contributed by atoms with Crippen LogP contribution in [0.2, 0.25) is 0 Å². The van der Waals surface area contributed by atoms with Gasteiger partial charge in [0.15, 0.2) is 5.65 Å². The van der Waals surface area contributed by atoms with E-state index >= 15 is 0 Å². The number of rotatable bonds is 5. The smallest absolute Gasteiger partial charge is 0.331 e. The Morgan fingerprint density at radius 2 is 2.11 bits per heavy atom. The van der Waals surface area contributed by atoms with Crippen molar-refractivity contribution in [1.29, 1.82) is 0 Å². The second kappa shape index (κ2) is 7.42. The van der Waals surface area contributed by atoms with Crippen LogP contribution in [0.1, 0.15) is 38.4 Å². The molecule has 0 unspecified atom stereocenters. The Kier molecular flexibility index (Phi) is 4.83. The van der Waals surface area contributed by atoms with Gasteiger partial charge in [0.25, 0.3) is 0 Å². The second-order valence-electron chi connectivity index (χ2n) is 7.32. The molecule has 7 nitrogen and oxygen atoms in total. The third-order valence-electron chi connectivity index (χ3n) is 5.43. The largest absolute Gasteiger partial charge is 0.467 e. The fraction of sp³-hybridized carbons (Fsp3) is 0.450. The molecule has 3 aromatic heterocycles. The number of fused-ring (bicyclic) bond motifs is 1. The third kappa shape index (κ3) is 3.54. The second-order valence-corrected chi connectivity index (χ2v) is 7.32. The van der Waals surface area contributed by atoms with Crippen LogP contribution in [0.5, 0.6) is 0 Å². The van der Waals surface area contributed by atoms with Crippen molar-refractivity contribution in [2.45, 2.75) is 51.7 Å². The predicted molar refractivity (Wildman–Crippen MR) is 101 cm³/mol. The first kappa shape index (κ1) is 17.6. The molecule has 27 heavy (non-hydrogen) atoms. The van der Waals surface area contributed by atoms with Crippen molar-refractivity contribution < 1.29 is 9.21 Å². The van der Waals surface area contributed by atoms with E-state index < -0.39 is 0 Å². The Bertz CT molecular complexity index is 986. The predicted octanol–water partition coefficient (Wildman–Crippen LogP) is 2.53. The molecule has 1 fully saturated rings. The maximum Gasteiger partial charge on any atom is 0.331 e. The van der Waals surface area contributed by atoms with Crippen LogP contribution in [-0.2, 0) is 17.9 Å². The van der Waals surface area contributed by atoms with Gasteiger partial charge in [-0.2, -0.15) is 0 Å². The van der Waals surface area contributed by atoms with Gasteiger partial charge in [-0.1, -0.05) is 19.8 Å². The zero-order valence-electron chi connectivity index (χ0n) is 15.4. The molecular weight excluding hydrogens is 344 g/mol. The molecule has 142 valence electrons. The van der Waals surface area contributed by atoms with E-state index in [4.69, 9.17) is 4.42 Å². The normalized spacial score (nSPS) is 20.0. The highest BCUT2D eigenvalue weighted by molar-refractivity contribution is 5.79. The van der Waals surface area contributed by atoms with Gasteiger partial charge in [-0.15, -0.1) is 0 Å². The lowest BCUT2D eigenvalue weighted by atomic mass is 9.86. The van der Waals surface area contributed by atoms with Crippen molar-refractivity contribution in [2.24, 2.45) is 5.92 Å². The molecule has 3 aromatic rings. The van der Waals surface area contributed by atoms with Crippen molar-refractivity contribution in [3.05, 3.63) is 53.0 Å². The third-order valence-corrected chi connectivity index (χ3v) is 5.43. The van der Waals surface area contributed by atoms with E-state index in [0.29, 0.717) is 22.8 Å². The monoisotopic (exact) mass is 368 g/mol. The summed E-state index contributed by atoms with van der Waals surface area (Å²) in [7, 11) is 0. The summed E-state index contributed by atoms with van der Waals surface area (Å²) in [4.78, 5) is 29.9. The van der Waals surface area contributed by atoms with E-state index in [1.165, 1.54) is 11.0 Å². The minimum Gasteiger partial charge on any atom is -0.467 e. The SMILES string of the molecule is C[C@H]1CCCC[C@H]1NC(=O)Cn1c(=O)n(Cc2ccco2)c2ncccc21. The molecule has 1 N–H and O–H groups in total. The summed E-state index contributed by atoms with van der Waals surface area (Å²) in [5, 5.41) is 3.12. The molecule has 0 aromatic carbocycles. The number of pyridine rings is 1. The van der Waals surface area contributed by atoms with Crippen molar-refractivity contribution in [2.75, 3.05) is 0 Å². The minimum absolute atomic E-state index is 0.00456. The number of carbonyl (C=O) groups is 1. The van der Waals surface area contributed by atoms with Gasteiger partial charge in [0.05, 0.1) is 18.3 Å². The van der Waals surface area contributed by atoms with E-state index in [1.807, 2.05) is 12.1 Å². The molecule has 0 radical (unpaired) electrons. The lowest BCUT2D eigenvalue weighted by Crippen LogP contribution is -2.43. The van der Waals surface area contributed by atoms with Gasteiger partial charge < -0.3 is 9.73 Å². The van der Waals surface area contributed by atoms with Crippen LogP contribution in [0.25, 0.3) is 11.2 Å². The molecule has 1 saturated carbocycles. The molecule has 1 aliphatic carbocycles. The van der Waals surface area contributed by atoms with Crippen molar-refractivity contribution in [1.82, 2.24) is 19.4 Å². The first-order chi connectivity index (χ1) is 13.1. The average molecular weight is 368 g/mol. The van der Waals surface area contributed by atoms with E-state index in [9.17, 15) is 9.59 Å². The molecule has 0 bridgehead atoms. The molecule has 7 heteroatoms. The van der Waals surface area contributed by atoms with E-state index in [1.54, 1.807) is 29.2 Å². The van der Waals surface area contributed by atoms with Gasteiger partial charge in [-0.25, -0.2) is 9.78 Å². The number of carbonyl (C=O) groups excluding carboxylic acids is 1. The summed E-state index contributed by atoms with van der Waals surface area (Å²) in [5.74, 6) is 1.01. The topological polar surface area (TPSA) is 82.1 Å². The number of nitrogens with zero attached hydrogens (tertiary/aromatic N) is 3. The van der Waals surface area contributed by atoms with Gasteiger partial charge in [-0.3, -0.25) is 13.9 Å². The van der Waals surface area contributed by atoms with Crippen LogP contribution in [0, 0.1) is 5.92 Å². The van der Waals surface area contributed by atoms with E-state index in [-0.39, 0.29) is 30.7 Å². The highest BCUT2D eigenvalue weighted by Gasteiger charge is 2.24. The zero-order valence-corrected chi connectivity index (χ0v) is 15.4. The molecule has 3 heterocycles. The summed E-state index contributed by atoms with van der Waals surface area (Å²) >= 11 is 0. The molecule has 0 aliphatic heterocycles. The Morgan fingerprint density at radius 1 is 1.26 bits per heavy atom. The van der Waals surface area contributed by atoms with Crippen LogP contribution < -0.4 is 11.0 Å². The number of nitrogens with one attached hydrogen (secondary N) is 1. The number of imidazole rings is 1. The summed E-state index contributed by atoms with van der Waals surface area (Å²) in [6.45, 7) is 2.46. The molecular formula is C20H24N4O3. The first-order valence-electron chi connectivity index (χ1n) is 9.49. The molecule has 1 amide bonds. The van der Waals surface area contributed by atoms with Gasteiger partial charge in [-0.05, 0) is 43.0 Å². The lowest BCUT2D eigenvalue weighted by molar-refractivity contribution is -0.122. The van der Waals surface area contributed by atoms with E-state index in [0.717, 1.165) is 19.3 Å². The molecule has 2 atom stereocenters. The van der Waals surface area contributed by atoms with Crippen molar-refractivity contribution in [3.63, 3.8) is 0 Å². The highest BCUT2D eigenvalue weighted by atomic mass is 16.3. The molecule has 4 rings (SSSR count). The number of hydrogen-bond donors (Lipinski definition) is 1. The van der Waals surface area contributed by atoms with Crippen LogP contribution >= 0.6 is 0 Å². The maximum absolute atomic E-state index is 13.0. The molecule has 0 saturated heterocycles. The summed E-state index contributed by atoms with van der Waals surface area (Å²) < 4.78 is 8.41. The van der Waals surface area contributed by atoms with Crippen molar-refractivity contribution >= 4 is 17.1 Å². The maximum atomic E-state index is 13.0. The number of amides is 1. The molecule has 0 spiro atoms. The van der Waals surface area contributed by atoms with Crippen LogP contribution in [0.4, 0.5) is 0 Å². The lowest BCUT2D eigenvalue weighted by Gasteiger charge is -2.29. The van der Waals surface area contributed by atoms with Gasteiger partial charge in [0.1, 0.15) is 12.3 Å². The van der Waals surface area contributed by atoms with E-state index in [2.05, 4.69) is 17.2 Å². The Hall–Kier alpha value is -2.83. The van der Waals surface area contributed by atoms with Crippen LogP contribution in [0.3, 0.4) is 0 Å². The standard InChI is InChI=1S/C20H24N4O3/c1-14-6-2-3-8-16(14)22-18(25)13-23-17-9-4-10-21-19(17)24(20(23)26)12-15-7-5-11-27-15/h4-5,7,9-11,14,16H,2-3,6,8,12-13H2,1H3,(H,22,25)/t14-,16+/m0/s1. The number of aromatic nitrogens is 3. The number of hydrogen-bond acceptors (Lipinski definition) is 4. The summed E-state index contributed by atoms with van der Waals surface area (Å²) in [6, 6.07) is 7.38.